The zero-order chi connectivity index (χ0) is 45.6. The molecule has 354 valence electrons. The summed E-state index contributed by atoms with van der Waals surface area (Å²) in [6, 6.07) is 26.0. The molecule has 6 rings (SSSR count). The summed E-state index contributed by atoms with van der Waals surface area (Å²) in [5.74, 6) is 2.66. The Balaban J connectivity index is 0.000000276. The molecule has 2 aliphatic carbocycles. The molecule has 0 aromatic heterocycles. The molecule has 2 fully saturated rings. The quantitative estimate of drug-likeness (QED) is 0.0989. The second-order valence-corrected chi connectivity index (χ2v) is 20.6. The minimum atomic E-state index is -0.737. The van der Waals surface area contributed by atoms with E-state index in [0.717, 1.165) is 94.6 Å². The van der Waals surface area contributed by atoms with Crippen molar-refractivity contribution >= 4 is 33.5 Å². The van der Waals surface area contributed by atoms with Gasteiger partial charge in [0, 0.05) is 26.2 Å². The number of carbonyl (C=O) groups excluding carboxylic acids is 1. The number of hydrogen-bond donors (Lipinski definition) is 1. The van der Waals surface area contributed by atoms with E-state index < -0.39 is 5.97 Å². The first-order chi connectivity index (χ1) is 30.0. The Labute approximate surface area is 387 Å². The van der Waals surface area contributed by atoms with Crippen molar-refractivity contribution < 1.29 is 28.9 Å². The maximum Gasteiger partial charge on any atom is 0.306 e. The van der Waals surface area contributed by atoms with Crippen LogP contribution >= 0.6 is 0 Å². The standard InChI is InChI=1S/C28H41NO3.C27H39NO3.CH4/c1-6-16-29(17-15-27(30)31-5)20-21-7-8-23-19-26(12-9-22(23)18-21)32-25-13-10-24(11-14-25)28(2,3)4;1-5-15-28(16-14-26(29)30)19-20-6-7-22-18-25(11-8-21(22)17-20)31-24-12-9-23(10-13-24)27(2,3)4;/h7-9,12,18-19,24-25H,6,10-11,13-17,20H2,1-5H3;6-8,11,17-18,23-24H,5,9-10,12-16,19H2,1-4H3,(H,29,30);1H4. The Bertz CT molecular complexity index is 2030. The lowest BCUT2D eigenvalue weighted by Gasteiger charge is -2.37. The fourth-order valence-corrected chi connectivity index (χ4v) is 9.66. The highest BCUT2D eigenvalue weighted by Gasteiger charge is 2.31. The number of hydrogen-bond acceptors (Lipinski definition) is 7. The van der Waals surface area contributed by atoms with Crippen LogP contribution in [0.4, 0.5) is 0 Å². The van der Waals surface area contributed by atoms with Gasteiger partial charge in [-0.1, -0.05) is 99.2 Å². The van der Waals surface area contributed by atoms with Gasteiger partial charge in [0.25, 0.3) is 0 Å². The van der Waals surface area contributed by atoms with Crippen LogP contribution in [0.15, 0.2) is 72.8 Å². The van der Waals surface area contributed by atoms with E-state index in [4.69, 9.17) is 19.3 Å². The lowest BCUT2D eigenvalue weighted by atomic mass is 9.72. The summed E-state index contributed by atoms with van der Waals surface area (Å²) in [6.45, 7) is 23.3. The van der Waals surface area contributed by atoms with Crippen molar-refractivity contribution in [2.75, 3.05) is 33.3 Å². The summed E-state index contributed by atoms with van der Waals surface area (Å²) in [7, 11) is 1.45. The van der Waals surface area contributed by atoms with E-state index in [1.165, 1.54) is 65.5 Å². The largest absolute Gasteiger partial charge is 0.490 e. The number of ether oxygens (including phenoxy) is 3. The van der Waals surface area contributed by atoms with Crippen LogP contribution in [0.1, 0.15) is 151 Å². The Hall–Kier alpha value is -4.14. The number of esters is 1. The second kappa shape index (κ2) is 25.0. The van der Waals surface area contributed by atoms with Gasteiger partial charge in [-0.15, -0.1) is 0 Å². The number of aliphatic carboxylic acids is 1. The third kappa shape index (κ3) is 16.7. The maximum absolute atomic E-state index is 11.5. The third-order valence-electron chi connectivity index (χ3n) is 13.5. The molecule has 0 aliphatic heterocycles. The predicted octanol–water partition coefficient (Wildman–Crippen LogP) is 13.7. The SMILES string of the molecule is C.CCCN(CCC(=O)O)Cc1ccc2cc(OC3CCC(C(C)(C)C)CC3)ccc2c1.CCCN(CCC(=O)OC)Cc1ccc2cc(OC3CCC(C(C)(C)C)CC3)ccc2c1. The first-order valence-corrected chi connectivity index (χ1v) is 24.1. The molecule has 0 unspecified atom stereocenters. The van der Waals surface area contributed by atoms with E-state index in [0.29, 0.717) is 36.0 Å². The van der Waals surface area contributed by atoms with E-state index in [1.54, 1.807) is 0 Å². The number of carbonyl (C=O) groups is 2. The first kappa shape index (κ1) is 52.5. The number of nitrogens with zero attached hydrogens (tertiary/aromatic N) is 2. The van der Waals surface area contributed by atoms with Gasteiger partial charge >= 0.3 is 11.9 Å². The summed E-state index contributed by atoms with van der Waals surface area (Å²) in [5.41, 5.74) is 3.29. The van der Waals surface area contributed by atoms with Gasteiger partial charge in [0.05, 0.1) is 32.2 Å². The van der Waals surface area contributed by atoms with Crippen molar-refractivity contribution in [1.29, 1.82) is 0 Å². The first-order valence-electron chi connectivity index (χ1n) is 24.1. The van der Waals surface area contributed by atoms with E-state index in [1.807, 2.05) is 0 Å². The zero-order valence-corrected chi connectivity index (χ0v) is 40.3. The van der Waals surface area contributed by atoms with Crippen LogP contribution in [0.5, 0.6) is 11.5 Å². The average Bonchev–Trinajstić information content (AvgIpc) is 3.25. The van der Waals surface area contributed by atoms with E-state index in [-0.39, 0.29) is 19.8 Å². The lowest BCUT2D eigenvalue weighted by Crippen LogP contribution is -2.30. The fourth-order valence-electron chi connectivity index (χ4n) is 9.66. The van der Waals surface area contributed by atoms with Crippen molar-refractivity contribution in [1.82, 2.24) is 9.80 Å². The molecular weight excluding hydrogens is 797 g/mol. The molecule has 8 nitrogen and oxygen atoms in total. The van der Waals surface area contributed by atoms with Gasteiger partial charge < -0.3 is 19.3 Å². The van der Waals surface area contributed by atoms with E-state index in [9.17, 15) is 9.59 Å². The molecule has 0 saturated heterocycles. The highest BCUT2D eigenvalue weighted by atomic mass is 16.5. The van der Waals surface area contributed by atoms with Crippen LogP contribution in [0.25, 0.3) is 21.5 Å². The summed E-state index contributed by atoms with van der Waals surface area (Å²) in [5, 5.41) is 13.8. The van der Waals surface area contributed by atoms with Crippen LogP contribution in [0.3, 0.4) is 0 Å². The minimum absolute atomic E-state index is 0. The number of methoxy groups -OCH3 is 1. The smallest absolute Gasteiger partial charge is 0.306 e. The van der Waals surface area contributed by atoms with Gasteiger partial charge in [-0.3, -0.25) is 19.4 Å². The number of carboxylic acid groups (broad SMARTS) is 1. The molecule has 2 saturated carbocycles. The second-order valence-electron chi connectivity index (χ2n) is 20.6. The van der Waals surface area contributed by atoms with Crippen LogP contribution in [-0.2, 0) is 27.4 Å². The van der Waals surface area contributed by atoms with Crippen molar-refractivity contribution in [3.05, 3.63) is 83.9 Å². The number of benzene rings is 4. The monoisotopic (exact) mass is 881 g/mol. The van der Waals surface area contributed by atoms with Crippen molar-refractivity contribution in [2.24, 2.45) is 22.7 Å². The van der Waals surface area contributed by atoms with Crippen LogP contribution < -0.4 is 9.47 Å². The van der Waals surface area contributed by atoms with Crippen LogP contribution in [-0.4, -0.2) is 72.3 Å². The molecule has 8 heteroatoms. The number of fused-ring (bicyclic) bond motifs is 2. The molecular formula is C56H84N2O6. The van der Waals surface area contributed by atoms with Gasteiger partial charge in [0.2, 0.25) is 0 Å². The Morgan fingerprint density at radius 3 is 1.30 bits per heavy atom. The topological polar surface area (TPSA) is 88.5 Å². The summed E-state index contributed by atoms with van der Waals surface area (Å²) in [6.07, 6.45) is 13.0. The normalized spacial score (nSPS) is 19.2. The molecule has 0 heterocycles. The molecule has 2 aliphatic rings. The fraction of sp³-hybridized carbons (Fsp3) is 0.607. The van der Waals surface area contributed by atoms with Gasteiger partial charge in [-0.25, -0.2) is 0 Å². The third-order valence-corrected chi connectivity index (χ3v) is 13.5. The van der Waals surface area contributed by atoms with Crippen molar-refractivity contribution in [3.8, 4) is 11.5 Å². The van der Waals surface area contributed by atoms with Gasteiger partial charge in [0.15, 0.2) is 0 Å². The summed E-state index contributed by atoms with van der Waals surface area (Å²) < 4.78 is 17.5. The summed E-state index contributed by atoms with van der Waals surface area (Å²) >= 11 is 0. The van der Waals surface area contributed by atoms with E-state index >= 15 is 0 Å². The molecule has 0 amide bonds. The highest BCUT2D eigenvalue weighted by molar-refractivity contribution is 5.85. The molecule has 0 bridgehead atoms. The Morgan fingerprint density at radius 2 is 0.938 bits per heavy atom. The van der Waals surface area contributed by atoms with Gasteiger partial charge in [0.1, 0.15) is 11.5 Å². The van der Waals surface area contributed by atoms with Gasteiger partial charge in [-0.2, -0.15) is 0 Å². The molecule has 0 radical (unpaired) electrons. The highest BCUT2D eigenvalue weighted by Crippen LogP contribution is 2.40. The Morgan fingerprint density at radius 1 is 0.562 bits per heavy atom. The molecule has 4 aromatic carbocycles. The van der Waals surface area contributed by atoms with Crippen molar-refractivity contribution in [3.63, 3.8) is 0 Å². The molecule has 4 aromatic rings. The zero-order valence-electron chi connectivity index (χ0n) is 40.3. The van der Waals surface area contributed by atoms with Crippen LogP contribution in [0, 0.1) is 22.7 Å². The minimum Gasteiger partial charge on any atom is -0.490 e. The molecule has 0 spiro atoms. The number of carboxylic acids is 1. The molecule has 64 heavy (non-hydrogen) atoms. The lowest BCUT2D eigenvalue weighted by molar-refractivity contribution is -0.141. The number of rotatable bonds is 18. The average molecular weight is 881 g/mol. The van der Waals surface area contributed by atoms with E-state index in [2.05, 4.69) is 138 Å². The summed E-state index contributed by atoms with van der Waals surface area (Å²) in [4.78, 5) is 27.0. The molecule has 0 atom stereocenters. The molecule has 1 N–H and O–H groups in total. The maximum atomic E-state index is 11.5. The van der Waals surface area contributed by atoms with Crippen molar-refractivity contribution in [2.45, 2.75) is 165 Å². The Kier molecular flexibility index (Phi) is 20.5. The van der Waals surface area contributed by atoms with Gasteiger partial charge in [-0.05, 0) is 169 Å². The predicted molar refractivity (Wildman–Crippen MR) is 266 cm³/mol. The van der Waals surface area contributed by atoms with Crippen LogP contribution in [0.2, 0.25) is 0 Å².